The smallest absolute Gasteiger partial charge is 0.0897 e. The van der Waals surface area contributed by atoms with Gasteiger partial charge in [0.15, 0.2) is 0 Å². The van der Waals surface area contributed by atoms with Crippen molar-refractivity contribution in [1.82, 2.24) is 5.32 Å². The number of aliphatic hydroxyl groups excluding tert-OH is 1. The van der Waals surface area contributed by atoms with Crippen LogP contribution >= 0.6 is 0 Å². The molecule has 0 bridgehead atoms. The fourth-order valence-electron chi connectivity index (χ4n) is 3.02. The Morgan fingerprint density at radius 2 is 2.10 bits per heavy atom. The van der Waals surface area contributed by atoms with Crippen LogP contribution < -0.4 is 5.32 Å². The predicted octanol–water partition coefficient (Wildman–Crippen LogP) is 3.36. The molecule has 1 fully saturated rings. The molecule has 0 aromatic rings. The molecule has 0 aromatic carbocycles. The maximum atomic E-state index is 9.92. The summed E-state index contributed by atoms with van der Waals surface area (Å²) < 4.78 is 5.54. The Morgan fingerprint density at radius 3 is 2.80 bits per heavy atom. The first-order valence-electron chi connectivity index (χ1n) is 8.61. The molecule has 2 N–H and O–H groups in total. The summed E-state index contributed by atoms with van der Waals surface area (Å²) in [7, 11) is 0. The molecule has 0 amide bonds. The fraction of sp³-hybridized carbons (Fsp3) is 1.00. The molecule has 0 heterocycles. The zero-order valence-electron chi connectivity index (χ0n) is 13.7. The second kappa shape index (κ2) is 10.6. The van der Waals surface area contributed by atoms with E-state index in [2.05, 4.69) is 26.1 Å². The lowest BCUT2D eigenvalue weighted by atomic mass is 9.84. The average Bonchev–Trinajstić information content (AvgIpc) is 2.44. The Morgan fingerprint density at radius 1 is 1.30 bits per heavy atom. The van der Waals surface area contributed by atoms with Crippen LogP contribution in [0.4, 0.5) is 0 Å². The Balaban J connectivity index is 2.00. The van der Waals surface area contributed by atoms with Crippen LogP contribution in [0.2, 0.25) is 0 Å². The Hall–Kier alpha value is -0.120. The number of nitrogens with one attached hydrogen (secondary N) is 1. The van der Waals surface area contributed by atoms with E-state index in [1.807, 2.05) is 0 Å². The molecule has 1 aliphatic carbocycles. The van der Waals surface area contributed by atoms with Crippen LogP contribution in [0.15, 0.2) is 0 Å². The summed E-state index contributed by atoms with van der Waals surface area (Å²) in [4.78, 5) is 0. The lowest BCUT2D eigenvalue weighted by Crippen LogP contribution is -2.40. The SMILES string of the molecule is CCC1CCCC(NCC(O)COCCCC(C)C)C1. The first kappa shape index (κ1) is 17.9. The van der Waals surface area contributed by atoms with Crippen molar-refractivity contribution >= 4 is 0 Å². The van der Waals surface area contributed by atoms with Crippen molar-refractivity contribution in [2.75, 3.05) is 19.8 Å². The minimum Gasteiger partial charge on any atom is -0.389 e. The maximum absolute atomic E-state index is 9.92. The van der Waals surface area contributed by atoms with Crippen molar-refractivity contribution in [2.24, 2.45) is 11.8 Å². The van der Waals surface area contributed by atoms with Gasteiger partial charge < -0.3 is 15.2 Å². The average molecular weight is 285 g/mol. The van der Waals surface area contributed by atoms with E-state index in [-0.39, 0.29) is 6.10 Å². The van der Waals surface area contributed by atoms with Crippen LogP contribution in [0.3, 0.4) is 0 Å². The van der Waals surface area contributed by atoms with Gasteiger partial charge in [0.1, 0.15) is 0 Å². The molecular weight excluding hydrogens is 250 g/mol. The van der Waals surface area contributed by atoms with Crippen molar-refractivity contribution in [1.29, 1.82) is 0 Å². The minimum atomic E-state index is -0.365. The molecule has 0 saturated heterocycles. The summed E-state index contributed by atoms with van der Waals surface area (Å²) >= 11 is 0. The summed E-state index contributed by atoms with van der Waals surface area (Å²) in [6.45, 7) is 8.66. The van der Waals surface area contributed by atoms with Gasteiger partial charge >= 0.3 is 0 Å². The molecule has 0 aromatic heterocycles. The first-order valence-corrected chi connectivity index (χ1v) is 8.61. The van der Waals surface area contributed by atoms with Gasteiger partial charge in [-0.05, 0) is 37.5 Å². The summed E-state index contributed by atoms with van der Waals surface area (Å²) in [6.07, 6.45) is 8.48. The van der Waals surface area contributed by atoms with E-state index in [9.17, 15) is 5.11 Å². The number of hydrogen-bond donors (Lipinski definition) is 2. The maximum Gasteiger partial charge on any atom is 0.0897 e. The summed E-state index contributed by atoms with van der Waals surface area (Å²) in [6, 6.07) is 0.601. The summed E-state index contributed by atoms with van der Waals surface area (Å²) in [5.74, 6) is 1.62. The largest absolute Gasteiger partial charge is 0.389 e. The van der Waals surface area contributed by atoms with Crippen LogP contribution in [0.25, 0.3) is 0 Å². The topological polar surface area (TPSA) is 41.5 Å². The number of hydrogen-bond acceptors (Lipinski definition) is 3. The molecule has 1 aliphatic rings. The zero-order chi connectivity index (χ0) is 14.8. The highest BCUT2D eigenvalue weighted by Gasteiger charge is 2.20. The molecule has 1 rings (SSSR count). The van der Waals surface area contributed by atoms with Crippen molar-refractivity contribution < 1.29 is 9.84 Å². The van der Waals surface area contributed by atoms with E-state index < -0.39 is 0 Å². The van der Waals surface area contributed by atoms with Crippen molar-refractivity contribution in [2.45, 2.75) is 77.9 Å². The second-order valence-electron chi connectivity index (χ2n) is 6.81. The molecule has 120 valence electrons. The van der Waals surface area contributed by atoms with Crippen LogP contribution in [0.5, 0.6) is 0 Å². The highest BCUT2D eigenvalue weighted by Crippen LogP contribution is 2.26. The molecule has 3 heteroatoms. The van der Waals surface area contributed by atoms with E-state index in [4.69, 9.17) is 4.74 Å². The summed E-state index contributed by atoms with van der Waals surface area (Å²) in [5.41, 5.74) is 0. The second-order valence-corrected chi connectivity index (χ2v) is 6.81. The molecule has 0 aliphatic heterocycles. The predicted molar refractivity (Wildman–Crippen MR) is 84.9 cm³/mol. The molecule has 20 heavy (non-hydrogen) atoms. The van der Waals surface area contributed by atoms with Gasteiger partial charge in [0.05, 0.1) is 12.7 Å². The Kier molecular flexibility index (Phi) is 9.49. The Labute approximate surface area is 125 Å². The molecule has 0 spiro atoms. The van der Waals surface area contributed by atoms with Gasteiger partial charge in [0.25, 0.3) is 0 Å². The Bertz CT molecular complexity index is 233. The van der Waals surface area contributed by atoms with Crippen LogP contribution in [-0.2, 0) is 4.74 Å². The van der Waals surface area contributed by atoms with E-state index in [1.165, 1.54) is 38.5 Å². The summed E-state index contributed by atoms with van der Waals surface area (Å²) in [5, 5.41) is 13.4. The van der Waals surface area contributed by atoms with Gasteiger partial charge in [-0.3, -0.25) is 0 Å². The highest BCUT2D eigenvalue weighted by molar-refractivity contribution is 4.78. The van der Waals surface area contributed by atoms with Gasteiger partial charge in [0.2, 0.25) is 0 Å². The minimum absolute atomic E-state index is 0.365. The molecule has 0 radical (unpaired) electrons. The highest BCUT2D eigenvalue weighted by atomic mass is 16.5. The monoisotopic (exact) mass is 285 g/mol. The van der Waals surface area contributed by atoms with Gasteiger partial charge in [-0.2, -0.15) is 0 Å². The molecule has 1 saturated carbocycles. The van der Waals surface area contributed by atoms with Crippen LogP contribution in [-0.4, -0.2) is 37.0 Å². The third-order valence-corrected chi connectivity index (χ3v) is 4.38. The number of rotatable bonds is 10. The van der Waals surface area contributed by atoms with Crippen molar-refractivity contribution in [3.05, 3.63) is 0 Å². The van der Waals surface area contributed by atoms with Gasteiger partial charge in [0, 0.05) is 19.2 Å². The fourth-order valence-corrected chi connectivity index (χ4v) is 3.02. The molecule has 3 atom stereocenters. The van der Waals surface area contributed by atoms with E-state index in [1.54, 1.807) is 0 Å². The lowest BCUT2D eigenvalue weighted by Gasteiger charge is -2.29. The van der Waals surface area contributed by atoms with Crippen LogP contribution in [0.1, 0.15) is 65.7 Å². The molecule has 3 nitrogen and oxygen atoms in total. The quantitative estimate of drug-likeness (QED) is 0.605. The third-order valence-electron chi connectivity index (χ3n) is 4.38. The third kappa shape index (κ3) is 8.23. The normalized spacial score (nSPS) is 25.1. The van der Waals surface area contributed by atoms with Crippen LogP contribution in [0, 0.1) is 11.8 Å². The van der Waals surface area contributed by atoms with E-state index >= 15 is 0 Å². The van der Waals surface area contributed by atoms with Gasteiger partial charge in [-0.1, -0.05) is 40.0 Å². The van der Waals surface area contributed by atoms with Crippen molar-refractivity contribution in [3.63, 3.8) is 0 Å². The van der Waals surface area contributed by atoms with Gasteiger partial charge in [-0.25, -0.2) is 0 Å². The standard InChI is InChI=1S/C17H35NO2/c1-4-15-8-5-9-16(11-15)18-12-17(19)13-20-10-6-7-14(2)3/h14-19H,4-13H2,1-3H3. The zero-order valence-corrected chi connectivity index (χ0v) is 13.7. The molecular formula is C17H35NO2. The number of ether oxygens (including phenoxy) is 1. The van der Waals surface area contributed by atoms with E-state index in [0.717, 1.165) is 24.9 Å². The van der Waals surface area contributed by atoms with Gasteiger partial charge in [-0.15, -0.1) is 0 Å². The first-order chi connectivity index (χ1) is 9.61. The number of aliphatic hydroxyl groups is 1. The molecule has 3 unspecified atom stereocenters. The lowest BCUT2D eigenvalue weighted by molar-refractivity contribution is 0.0323. The van der Waals surface area contributed by atoms with Crippen molar-refractivity contribution in [3.8, 4) is 0 Å². The van der Waals surface area contributed by atoms with E-state index in [0.29, 0.717) is 19.2 Å².